The van der Waals surface area contributed by atoms with Gasteiger partial charge < -0.3 is 5.11 Å². The van der Waals surface area contributed by atoms with Crippen LogP contribution in [-0.2, 0) is 6.54 Å². The number of nitrogens with one attached hydrogen (secondary N) is 1. The third-order valence-electron chi connectivity index (χ3n) is 4.89. The molecule has 2 N–H and O–H groups in total. The van der Waals surface area contributed by atoms with E-state index >= 15 is 0 Å². The zero-order valence-electron chi connectivity index (χ0n) is 16.5. The molecule has 3 rings (SSSR count). The summed E-state index contributed by atoms with van der Waals surface area (Å²) in [7, 11) is 0. The molecule has 29 heavy (non-hydrogen) atoms. The number of benzene rings is 2. The van der Waals surface area contributed by atoms with Crippen molar-refractivity contribution in [3.05, 3.63) is 59.2 Å². The molecule has 2 aromatic rings. The maximum absolute atomic E-state index is 13.4. The van der Waals surface area contributed by atoms with Crippen LogP contribution in [0.3, 0.4) is 0 Å². The lowest BCUT2D eigenvalue weighted by atomic mass is 9.93. The summed E-state index contributed by atoms with van der Waals surface area (Å²) in [6.45, 7) is 2.64. The molecule has 0 spiro atoms. The van der Waals surface area contributed by atoms with Crippen LogP contribution in [0.2, 0.25) is 0 Å². The summed E-state index contributed by atoms with van der Waals surface area (Å²) >= 11 is 0.414. The first kappa shape index (κ1) is 23.5. The molecule has 2 aromatic carbocycles. The minimum absolute atomic E-state index is 0.245. The summed E-state index contributed by atoms with van der Waals surface area (Å²) in [5.74, 6) is -7.53. The van der Waals surface area contributed by atoms with Gasteiger partial charge in [0, 0.05) is 6.54 Å². The van der Waals surface area contributed by atoms with Gasteiger partial charge in [0.1, 0.15) is 4.90 Å². The van der Waals surface area contributed by atoms with Crippen molar-refractivity contribution in [2.75, 3.05) is 0 Å². The predicted molar refractivity (Wildman–Crippen MR) is 109 cm³/mol. The summed E-state index contributed by atoms with van der Waals surface area (Å²) in [6, 6.07) is 8.92. The Hall–Kier alpha value is -1.73. The summed E-state index contributed by atoms with van der Waals surface area (Å²) in [4.78, 5) is -0.867. The molecule has 0 saturated heterocycles. The highest BCUT2D eigenvalue weighted by Crippen LogP contribution is 2.33. The molecule has 1 aliphatic carbocycles. The zero-order valence-corrected chi connectivity index (χ0v) is 17.3. The number of halogens is 4. The lowest BCUT2D eigenvalue weighted by molar-refractivity contribution is 0.344. The number of hydrogen-bond acceptors (Lipinski definition) is 3. The average molecular weight is 430 g/mol. The van der Waals surface area contributed by atoms with Gasteiger partial charge in [0.05, 0.1) is 0 Å². The fourth-order valence-electron chi connectivity index (χ4n) is 3.14. The van der Waals surface area contributed by atoms with Crippen molar-refractivity contribution in [3.63, 3.8) is 0 Å². The highest BCUT2D eigenvalue weighted by molar-refractivity contribution is 7.97. The Morgan fingerprint density at radius 1 is 0.862 bits per heavy atom. The van der Waals surface area contributed by atoms with Gasteiger partial charge in [-0.1, -0.05) is 82.2 Å². The van der Waals surface area contributed by atoms with E-state index in [-0.39, 0.29) is 6.54 Å². The van der Waals surface area contributed by atoms with Crippen LogP contribution in [0.15, 0.2) is 35.2 Å². The van der Waals surface area contributed by atoms with Gasteiger partial charge in [-0.2, -0.15) is 8.78 Å². The Bertz CT molecular complexity index is 736. The van der Waals surface area contributed by atoms with Gasteiger partial charge in [-0.15, -0.1) is 0 Å². The Kier molecular flexibility index (Phi) is 9.81. The van der Waals surface area contributed by atoms with Crippen molar-refractivity contribution in [1.82, 2.24) is 4.72 Å². The molecule has 0 amide bonds. The van der Waals surface area contributed by atoms with Gasteiger partial charge >= 0.3 is 0 Å². The van der Waals surface area contributed by atoms with Gasteiger partial charge in [0.2, 0.25) is 11.6 Å². The van der Waals surface area contributed by atoms with Gasteiger partial charge in [-0.3, -0.25) is 4.72 Å². The maximum Gasteiger partial charge on any atom is 0.204 e. The summed E-state index contributed by atoms with van der Waals surface area (Å²) in [6.07, 6.45) is 10.4. The lowest BCUT2D eigenvalue weighted by Gasteiger charge is -2.13. The molecule has 7 heteroatoms. The zero-order chi connectivity index (χ0) is 21.2. The Labute approximate surface area is 173 Å². The largest absolute Gasteiger partial charge is 0.503 e. The smallest absolute Gasteiger partial charge is 0.204 e. The first-order valence-electron chi connectivity index (χ1n) is 9.90. The molecule has 0 aromatic heterocycles. The van der Waals surface area contributed by atoms with Crippen molar-refractivity contribution in [3.8, 4) is 5.75 Å². The Morgan fingerprint density at radius 2 is 1.38 bits per heavy atom. The first-order valence-corrected chi connectivity index (χ1v) is 10.7. The van der Waals surface area contributed by atoms with E-state index in [9.17, 15) is 17.6 Å². The van der Waals surface area contributed by atoms with Gasteiger partial charge in [-0.25, -0.2) is 8.78 Å². The third-order valence-corrected chi connectivity index (χ3v) is 5.74. The van der Waals surface area contributed by atoms with Gasteiger partial charge in [0.15, 0.2) is 17.4 Å². The summed E-state index contributed by atoms with van der Waals surface area (Å²) in [5, 5.41) is 8.84. The van der Waals surface area contributed by atoms with E-state index in [1.54, 1.807) is 30.3 Å². The second-order valence-corrected chi connectivity index (χ2v) is 8.19. The summed E-state index contributed by atoms with van der Waals surface area (Å²) in [5.41, 5.74) is 0.834. The number of hydrogen-bond donors (Lipinski definition) is 2. The van der Waals surface area contributed by atoms with E-state index in [1.165, 1.54) is 44.9 Å². The molecular formula is C22H27F4NOS. The molecule has 0 unspecified atom stereocenters. The van der Waals surface area contributed by atoms with Crippen LogP contribution >= 0.6 is 11.9 Å². The first-order chi connectivity index (χ1) is 13.9. The van der Waals surface area contributed by atoms with E-state index in [0.717, 1.165) is 11.5 Å². The van der Waals surface area contributed by atoms with Crippen molar-refractivity contribution < 1.29 is 22.7 Å². The minimum atomic E-state index is -1.81. The molecule has 0 aliphatic heterocycles. The van der Waals surface area contributed by atoms with Gasteiger partial charge in [-0.05, 0) is 23.4 Å². The van der Waals surface area contributed by atoms with E-state index in [2.05, 4.69) is 11.6 Å². The highest BCUT2D eigenvalue weighted by Gasteiger charge is 2.25. The topological polar surface area (TPSA) is 32.3 Å². The van der Waals surface area contributed by atoms with E-state index in [1.807, 2.05) is 0 Å². The fraction of sp³-hybridized carbons (Fsp3) is 0.455. The van der Waals surface area contributed by atoms with Crippen LogP contribution in [0.5, 0.6) is 5.75 Å². The predicted octanol–water partition coefficient (Wildman–Crippen LogP) is 7.11. The van der Waals surface area contributed by atoms with Crippen LogP contribution in [0.25, 0.3) is 0 Å². The van der Waals surface area contributed by atoms with Crippen molar-refractivity contribution in [1.29, 1.82) is 0 Å². The Balaban J connectivity index is 0.000000278. The quantitative estimate of drug-likeness (QED) is 0.308. The number of rotatable bonds is 4. The molecule has 160 valence electrons. The SMILES string of the molecule is CC1CCCCCCC1.Oc1c(F)c(F)c(SNCc2ccccc2)c(F)c1F. The van der Waals surface area contributed by atoms with Crippen LogP contribution < -0.4 is 4.72 Å². The minimum Gasteiger partial charge on any atom is -0.503 e. The molecule has 1 fully saturated rings. The summed E-state index contributed by atoms with van der Waals surface area (Å²) < 4.78 is 55.7. The molecule has 1 aliphatic rings. The normalized spacial score (nSPS) is 15.2. The molecule has 0 radical (unpaired) electrons. The van der Waals surface area contributed by atoms with E-state index in [4.69, 9.17) is 5.11 Å². The van der Waals surface area contributed by atoms with Crippen LogP contribution in [-0.4, -0.2) is 5.11 Å². The van der Waals surface area contributed by atoms with E-state index in [0.29, 0.717) is 11.9 Å². The number of phenols is 1. The highest BCUT2D eigenvalue weighted by atomic mass is 32.2. The second-order valence-electron chi connectivity index (χ2n) is 7.29. The lowest BCUT2D eigenvalue weighted by Crippen LogP contribution is -2.07. The van der Waals surface area contributed by atoms with Crippen molar-refractivity contribution in [2.24, 2.45) is 5.92 Å². The average Bonchev–Trinajstić information content (AvgIpc) is 2.71. The second kappa shape index (κ2) is 12.1. The monoisotopic (exact) mass is 429 g/mol. The van der Waals surface area contributed by atoms with E-state index < -0.39 is 33.9 Å². The molecule has 0 atom stereocenters. The molecule has 0 bridgehead atoms. The number of aromatic hydroxyl groups is 1. The Morgan fingerprint density at radius 3 is 1.93 bits per heavy atom. The number of phenolic OH excluding ortho intramolecular Hbond substituents is 1. The standard InChI is InChI=1S/C13H9F4NOS.C9H18/c14-8-10(16)13(11(17)9(15)12(8)19)20-18-6-7-4-2-1-3-5-7;1-9-7-5-3-2-4-6-8-9/h1-5,18-19H,6H2;9H,2-8H2,1H3. The van der Waals surface area contributed by atoms with Crippen LogP contribution in [0.1, 0.15) is 57.4 Å². The molecule has 0 heterocycles. The van der Waals surface area contributed by atoms with Crippen LogP contribution in [0.4, 0.5) is 17.6 Å². The van der Waals surface area contributed by atoms with Crippen molar-refractivity contribution >= 4 is 11.9 Å². The van der Waals surface area contributed by atoms with Crippen molar-refractivity contribution in [2.45, 2.75) is 63.3 Å². The fourth-order valence-corrected chi connectivity index (χ4v) is 3.88. The molecule has 1 saturated carbocycles. The maximum atomic E-state index is 13.4. The van der Waals surface area contributed by atoms with Gasteiger partial charge in [0.25, 0.3) is 0 Å². The molecule has 2 nitrogen and oxygen atoms in total. The third kappa shape index (κ3) is 7.23. The van der Waals surface area contributed by atoms with Crippen LogP contribution in [0, 0.1) is 29.2 Å². The molecular weight excluding hydrogens is 402 g/mol.